The Labute approximate surface area is 218 Å². The van der Waals surface area contributed by atoms with Crippen LogP contribution in [0.4, 0.5) is 5.69 Å². The SMILES string of the molecule is Cc1ccccc1-c1ccccc1CC1N=C(c2ccc3[nH]c(=O)[nH]c3c2)c2cc(Cl)ccc2NC1=O. The number of H-pyrrole nitrogens is 2. The van der Waals surface area contributed by atoms with Gasteiger partial charge >= 0.3 is 5.69 Å². The number of aromatic nitrogens is 2. The van der Waals surface area contributed by atoms with Crippen LogP contribution in [0, 0.1) is 6.92 Å². The number of amides is 1. The fraction of sp³-hybridized carbons (Fsp3) is 0.100. The normalized spacial score (nSPS) is 15.1. The van der Waals surface area contributed by atoms with Crippen molar-refractivity contribution >= 4 is 39.9 Å². The molecular formula is C30H23ClN4O2. The Hall–Kier alpha value is -4.42. The molecule has 0 bridgehead atoms. The van der Waals surface area contributed by atoms with Gasteiger partial charge < -0.3 is 15.3 Å². The third-order valence-electron chi connectivity index (χ3n) is 6.74. The summed E-state index contributed by atoms with van der Waals surface area (Å²) in [6.07, 6.45) is 0.421. The first-order chi connectivity index (χ1) is 18.0. The van der Waals surface area contributed by atoms with Crippen molar-refractivity contribution in [3.05, 3.63) is 123 Å². The van der Waals surface area contributed by atoms with Crippen LogP contribution < -0.4 is 11.0 Å². The third-order valence-corrected chi connectivity index (χ3v) is 6.97. The summed E-state index contributed by atoms with van der Waals surface area (Å²) in [5.41, 5.74) is 8.30. The number of hydrogen-bond acceptors (Lipinski definition) is 3. The van der Waals surface area contributed by atoms with Crippen LogP contribution in [0.2, 0.25) is 5.02 Å². The Morgan fingerprint density at radius 3 is 2.41 bits per heavy atom. The highest BCUT2D eigenvalue weighted by molar-refractivity contribution is 6.32. The molecule has 7 heteroatoms. The third kappa shape index (κ3) is 4.36. The van der Waals surface area contributed by atoms with Crippen molar-refractivity contribution in [2.75, 3.05) is 5.32 Å². The minimum Gasteiger partial charge on any atom is -0.324 e. The zero-order chi connectivity index (χ0) is 25.5. The topological polar surface area (TPSA) is 90.1 Å². The predicted molar refractivity (Wildman–Crippen MR) is 149 cm³/mol. The van der Waals surface area contributed by atoms with Gasteiger partial charge in [-0.15, -0.1) is 0 Å². The molecule has 182 valence electrons. The van der Waals surface area contributed by atoms with Crippen molar-refractivity contribution < 1.29 is 4.79 Å². The van der Waals surface area contributed by atoms with E-state index in [1.54, 1.807) is 12.1 Å². The number of anilines is 1. The summed E-state index contributed by atoms with van der Waals surface area (Å²) in [6, 6.07) is 26.6. The minimum atomic E-state index is -0.674. The molecule has 1 amide bonds. The van der Waals surface area contributed by atoms with E-state index in [2.05, 4.69) is 46.5 Å². The second-order valence-corrected chi connectivity index (χ2v) is 9.62. The van der Waals surface area contributed by atoms with E-state index in [1.807, 2.05) is 48.5 Å². The highest BCUT2D eigenvalue weighted by atomic mass is 35.5. The van der Waals surface area contributed by atoms with E-state index in [0.717, 1.165) is 27.8 Å². The quantitative estimate of drug-likeness (QED) is 0.284. The van der Waals surface area contributed by atoms with Gasteiger partial charge in [-0.1, -0.05) is 66.2 Å². The van der Waals surface area contributed by atoms with Crippen molar-refractivity contribution in [3.63, 3.8) is 0 Å². The van der Waals surface area contributed by atoms with Crippen LogP contribution in [0.25, 0.3) is 22.2 Å². The van der Waals surface area contributed by atoms with Crippen LogP contribution in [0.1, 0.15) is 22.3 Å². The van der Waals surface area contributed by atoms with Crippen LogP contribution in [0.3, 0.4) is 0 Å². The van der Waals surface area contributed by atoms with Gasteiger partial charge in [-0.2, -0.15) is 0 Å². The van der Waals surface area contributed by atoms with E-state index in [4.69, 9.17) is 16.6 Å². The monoisotopic (exact) mass is 506 g/mol. The maximum atomic E-state index is 13.5. The summed E-state index contributed by atoms with van der Waals surface area (Å²) in [4.78, 5) is 35.9. The fourth-order valence-electron chi connectivity index (χ4n) is 4.91. The van der Waals surface area contributed by atoms with Crippen molar-refractivity contribution in [1.29, 1.82) is 0 Å². The lowest BCUT2D eigenvalue weighted by Gasteiger charge is -2.16. The zero-order valence-electron chi connectivity index (χ0n) is 20.0. The number of hydrogen-bond donors (Lipinski definition) is 3. The molecule has 1 aromatic heterocycles. The number of carbonyl (C=O) groups excluding carboxylic acids is 1. The summed E-state index contributed by atoms with van der Waals surface area (Å²) in [7, 11) is 0. The summed E-state index contributed by atoms with van der Waals surface area (Å²) < 4.78 is 0. The summed E-state index contributed by atoms with van der Waals surface area (Å²) >= 11 is 6.37. The molecule has 0 saturated heterocycles. The number of aryl methyl sites for hydroxylation is 1. The maximum Gasteiger partial charge on any atom is 0.323 e. The summed E-state index contributed by atoms with van der Waals surface area (Å²) in [5.74, 6) is -0.186. The number of nitrogens with one attached hydrogen (secondary N) is 3. The van der Waals surface area contributed by atoms with Crippen LogP contribution in [0.15, 0.2) is 94.7 Å². The summed E-state index contributed by atoms with van der Waals surface area (Å²) in [6.45, 7) is 2.09. The molecule has 0 aliphatic carbocycles. The number of benzodiazepines with no additional fused rings is 1. The van der Waals surface area contributed by atoms with Crippen molar-refractivity contribution in [1.82, 2.24) is 9.97 Å². The number of fused-ring (bicyclic) bond motifs is 2. The fourth-order valence-corrected chi connectivity index (χ4v) is 5.09. The molecule has 1 unspecified atom stereocenters. The number of rotatable bonds is 4. The van der Waals surface area contributed by atoms with Gasteiger partial charge in [-0.3, -0.25) is 9.79 Å². The maximum absolute atomic E-state index is 13.5. The van der Waals surface area contributed by atoms with E-state index < -0.39 is 6.04 Å². The van der Waals surface area contributed by atoms with Gasteiger partial charge in [-0.25, -0.2) is 4.79 Å². The molecule has 1 aliphatic heterocycles. The van der Waals surface area contributed by atoms with Gasteiger partial charge in [0.1, 0.15) is 6.04 Å². The zero-order valence-corrected chi connectivity index (χ0v) is 20.8. The molecule has 6 nitrogen and oxygen atoms in total. The first-order valence-electron chi connectivity index (χ1n) is 12.0. The van der Waals surface area contributed by atoms with Gasteiger partial charge in [0.2, 0.25) is 5.91 Å². The van der Waals surface area contributed by atoms with Gasteiger partial charge in [0.05, 0.1) is 22.4 Å². The van der Waals surface area contributed by atoms with Crippen LogP contribution in [-0.4, -0.2) is 27.6 Å². The van der Waals surface area contributed by atoms with E-state index in [0.29, 0.717) is 33.9 Å². The molecule has 0 radical (unpaired) electrons. The number of aliphatic imine (C=N–C) groups is 1. The predicted octanol–water partition coefficient (Wildman–Crippen LogP) is 5.89. The van der Waals surface area contributed by atoms with Gasteiger partial charge in [0.25, 0.3) is 0 Å². The smallest absolute Gasteiger partial charge is 0.323 e. The highest BCUT2D eigenvalue weighted by Gasteiger charge is 2.27. The number of carbonyl (C=O) groups is 1. The molecule has 3 N–H and O–H groups in total. The van der Waals surface area contributed by atoms with Crippen LogP contribution >= 0.6 is 11.6 Å². The molecule has 6 rings (SSSR count). The Kier molecular flexibility index (Phi) is 5.74. The number of halogens is 1. The van der Waals surface area contributed by atoms with E-state index in [1.165, 1.54) is 5.56 Å². The lowest BCUT2D eigenvalue weighted by Crippen LogP contribution is -2.27. The molecule has 37 heavy (non-hydrogen) atoms. The Morgan fingerprint density at radius 2 is 1.57 bits per heavy atom. The van der Waals surface area contributed by atoms with Crippen molar-refractivity contribution in [3.8, 4) is 11.1 Å². The number of benzene rings is 4. The molecule has 0 spiro atoms. The van der Waals surface area contributed by atoms with Gasteiger partial charge in [0.15, 0.2) is 0 Å². The average molecular weight is 507 g/mol. The molecule has 0 saturated carbocycles. The number of nitrogens with zero attached hydrogens (tertiary/aromatic N) is 1. The molecule has 5 aromatic rings. The lowest BCUT2D eigenvalue weighted by atomic mass is 9.92. The van der Waals surface area contributed by atoms with E-state index in [-0.39, 0.29) is 11.6 Å². The molecule has 4 aromatic carbocycles. The highest BCUT2D eigenvalue weighted by Crippen LogP contribution is 2.31. The van der Waals surface area contributed by atoms with E-state index in [9.17, 15) is 9.59 Å². The lowest BCUT2D eigenvalue weighted by molar-refractivity contribution is -0.117. The van der Waals surface area contributed by atoms with Crippen LogP contribution in [0.5, 0.6) is 0 Å². The molecule has 1 aliphatic rings. The minimum absolute atomic E-state index is 0.186. The van der Waals surface area contributed by atoms with Gasteiger partial charge in [0, 0.05) is 22.6 Å². The Bertz CT molecular complexity index is 1770. The second kappa shape index (κ2) is 9.22. The van der Waals surface area contributed by atoms with Crippen LogP contribution in [-0.2, 0) is 11.2 Å². The van der Waals surface area contributed by atoms with Crippen molar-refractivity contribution in [2.45, 2.75) is 19.4 Å². The molecule has 0 fully saturated rings. The van der Waals surface area contributed by atoms with Gasteiger partial charge in [-0.05, 0) is 59.5 Å². The first-order valence-corrected chi connectivity index (χ1v) is 12.4. The van der Waals surface area contributed by atoms with Crippen molar-refractivity contribution in [2.24, 2.45) is 4.99 Å². The molecular weight excluding hydrogens is 484 g/mol. The largest absolute Gasteiger partial charge is 0.324 e. The Balaban J connectivity index is 1.49. The molecule has 2 heterocycles. The number of aromatic amines is 2. The Morgan fingerprint density at radius 1 is 0.811 bits per heavy atom. The second-order valence-electron chi connectivity index (χ2n) is 9.19. The first kappa shape index (κ1) is 23.0. The molecule has 1 atom stereocenters. The number of imidazole rings is 1. The standard InChI is InChI=1S/C30H23ClN4O2/c1-17-6-2-4-8-21(17)22-9-5-3-7-18(22)14-27-29(36)33-24-13-11-20(31)16-23(24)28(32-27)19-10-12-25-26(15-19)35-30(37)34-25/h2-13,15-16,27H,14H2,1H3,(H,33,36)(H2,34,35,37). The van der Waals surface area contributed by atoms with E-state index >= 15 is 0 Å². The summed E-state index contributed by atoms with van der Waals surface area (Å²) in [5, 5.41) is 3.60. The average Bonchev–Trinajstić information content (AvgIpc) is 3.21.